The summed E-state index contributed by atoms with van der Waals surface area (Å²) in [5, 5.41) is 9.01. The second-order valence-corrected chi connectivity index (χ2v) is 5.71. The van der Waals surface area contributed by atoms with Gasteiger partial charge in [-0.05, 0) is 36.5 Å². The number of likely N-dealkylation sites (tertiary alicyclic amines) is 1. The van der Waals surface area contributed by atoms with Gasteiger partial charge >= 0.3 is 5.97 Å². The average molecular weight is 310 g/mol. The summed E-state index contributed by atoms with van der Waals surface area (Å²) in [4.78, 5) is 29.3. The molecule has 5 nitrogen and oxygen atoms in total. The van der Waals surface area contributed by atoms with Crippen LogP contribution < -0.4 is 0 Å². The molecule has 1 fully saturated rings. The first-order valence-electron chi connectivity index (χ1n) is 7.68. The molecule has 1 aromatic heterocycles. The second kappa shape index (κ2) is 6.60. The molecule has 23 heavy (non-hydrogen) atoms. The van der Waals surface area contributed by atoms with E-state index in [1.165, 1.54) is 23.9 Å². The number of nitrogens with zero attached hydrogens (tertiary/aromatic N) is 2. The van der Waals surface area contributed by atoms with E-state index in [0.29, 0.717) is 19.0 Å². The van der Waals surface area contributed by atoms with Crippen molar-refractivity contribution in [2.24, 2.45) is 0 Å². The van der Waals surface area contributed by atoms with Gasteiger partial charge < -0.3 is 10.0 Å². The van der Waals surface area contributed by atoms with Crippen molar-refractivity contribution in [2.45, 2.75) is 18.8 Å². The largest absolute Gasteiger partial charge is 0.478 e. The molecule has 3 rings (SSSR count). The fraction of sp³-hybridized carbons (Fsp3) is 0.278. The molecule has 2 aromatic rings. The molecule has 0 unspecified atom stereocenters. The molecule has 1 aliphatic heterocycles. The van der Waals surface area contributed by atoms with Gasteiger partial charge in [-0.15, -0.1) is 0 Å². The van der Waals surface area contributed by atoms with E-state index in [1.54, 1.807) is 4.90 Å². The molecule has 5 heteroatoms. The van der Waals surface area contributed by atoms with Crippen molar-refractivity contribution in [3.63, 3.8) is 0 Å². The molecule has 118 valence electrons. The summed E-state index contributed by atoms with van der Waals surface area (Å²) in [5.74, 6) is -0.776. The molecule has 0 atom stereocenters. The highest BCUT2D eigenvalue weighted by Crippen LogP contribution is 2.28. The van der Waals surface area contributed by atoms with Crippen LogP contribution >= 0.6 is 0 Å². The Labute approximate surface area is 134 Å². The molecule has 1 N–H and O–H groups in total. The molecular formula is C18H18N2O3. The van der Waals surface area contributed by atoms with Crippen molar-refractivity contribution in [1.82, 2.24) is 9.88 Å². The van der Waals surface area contributed by atoms with E-state index in [4.69, 9.17) is 5.11 Å². The molecule has 2 heterocycles. The zero-order chi connectivity index (χ0) is 16.2. The maximum absolute atomic E-state index is 12.5. The molecule has 0 aliphatic carbocycles. The third-order valence-electron chi connectivity index (χ3n) is 4.28. The lowest BCUT2D eigenvalue weighted by Crippen LogP contribution is -2.38. The molecule has 1 amide bonds. The lowest BCUT2D eigenvalue weighted by molar-refractivity contribution is 0.0696. The average Bonchev–Trinajstić information content (AvgIpc) is 2.62. The fourth-order valence-electron chi connectivity index (χ4n) is 2.98. The smallest absolute Gasteiger partial charge is 0.335 e. The number of hydrogen-bond donors (Lipinski definition) is 1. The Morgan fingerprint density at radius 3 is 2.43 bits per heavy atom. The van der Waals surface area contributed by atoms with Gasteiger partial charge in [0.1, 0.15) is 5.69 Å². The minimum atomic E-state index is -1.05. The van der Waals surface area contributed by atoms with Gasteiger partial charge in [-0.1, -0.05) is 30.3 Å². The highest BCUT2D eigenvalue weighted by Gasteiger charge is 2.25. The van der Waals surface area contributed by atoms with Gasteiger partial charge in [0.25, 0.3) is 5.91 Å². The maximum Gasteiger partial charge on any atom is 0.335 e. The fourth-order valence-corrected chi connectivity index (χ4v) is 2.98. The van der Waals surface area contributed by atoms with Crippen molar-refractivity contribution in [3.8, 4) is 0 Å². The Morgan fingerprint density at radius 1 is 1.09 bits per heavy atom. The lowest BCUT2D eigenvalue weighted by Gasteiger charge is -2.32. The molecular weight excluding hydrogens is 292 g/mol. The number of amides is 1. The van der Waals surface area contributed by atoms with Crippen LogP contribution in [0.3, 0.4) is 0 Å². The summed E-state index contributed by atoms with van der Waals surface area (Å²) >= 11 is 0. The number of carbonyl (C=O) groups is 2. The number of carbonyl (C=O) groups excluding carboxylic acids is 1. The van der Waals surface area contributed by atoms with Gasteiger partial charge in [0.2, 0.25) is 0 Å². The Hall–Kier alpha value is -2.69. The van der Waals surface area contributed by atoms with E-state index in [2.05, 4.69) is 17.1 Å². The van der Waals surface area contributed by atoms with Crippen LogP contribution in [-0.4, -0.2) is 40.0 Å². The number of piperidine rings is 1. The van der Waals surface area contributed by atoms with Crippen LogP contribution in [0.1, 0.15) is 45.2 Å². The lowest BCUT2D eigenvalue weighted by atomic mass is 9.89. The van der Waals surface area contributed by atoms with Crippen LogP contribution in [0.2, 0.25) is 0 Å². The number of aromatic nitrogens is 1. The molecule has 0 bridgehead atoms. The third-order valence-corrected chi connectivity index (χ3v) is 4.28. The molecule has 0 spiro atoms. The van der Waals surface area contributed by atoms with E-state index in [9.17, 15) is 9.59 Å². The van der Waals surface area contributed by atoms with E-state index in [-0.39, 0.29) is 17.2 Å². The number of carboxylic acid groups (broad SMARTS) is 1. The van der Waals surface area contributed by atoms with Crippen molar-refractivity contribution in [1.29, 1.82) is 0 Å². The molecule has 1 aromatic carbocycles. The zero-order valence-electron chi connectivity index (χ0n) is 12.7. The first kappa shape index (κ1) is 15.2. The standard InChI is InChI=1S/C18H18N2O3/c21-17(16-12-15(18(22)23)6-9-19-16)20-10-7-14(8-11-20)13-4-2-1-3-5-13/h1-6,9,12,14H,7-8,10-11H2,(H,22,23). The van der Waals surface area contributed by atoms with Crippen LogP contribution in [0.5, 0.6) is 0 Å². The van der Waals surface area contributed by atoms with Gasteiger partial charge in [0.15, 0.2) is 0 Å². The molecule has 1 saturated heterocycles. The minimum absolute atomic E-state index is 0.0857. The zero-order valence-corrected chi connectivity index (χ0v) is 12.7. The first-order chi connectivity index (χ1) is 11.1. The van der Waals surface area contributed by atoms with Gasteiger partial charge in [-0.25, -0.2) is 4.79 Å². The number of aromatic carboxylic acids is 1. The van der Waals surface area contributed by atoms with E-state index in [1.807, 2.05) is 18.2 Å². The number of hydrogen-bond acceptors (Lipinski definition) is 3. The molecule has 1 aliphatic rings. The summed E-state index contributed by atoms with van der Waals surface area (Å²) in [7, 11) is 0. The quantitative estimate of drug-likeness (QED) is 0.946. The molecule has 0 saturated carbocycles. The van der Waals surface area contributed by atoms with Crippen molar-refractivity contribution >= 4 is 11.9 Å². The van der Waals surface area contributed by atoms with E-state index in [0.717, 1.165) is 12.8 Å². The number of carboxylic acids is 1. The van der Waals surface area contributed by atoms with Gasteiger partial charge in [-0.3, -0.25) is 9.78 Å². The van der Waals surface area contributed by atoms with Gasteiger partial charge in [0, 0.05) is 19.3 Å². The summed E-state index contributed by atoms with van der Waals surface area (Å²) in [6.45, 7) is 1.33. The Balaban J connectivity index is 1.66. The minimum Gasteiger partial charge on any atom is -0.478 e. The predicted molar refractivity (Wildman–Crippen MR) is 85.5 cm³/mol. The van der Waals surface area contributed by atoms with E-state index < -0.39 is 5.97 Å². The highest BCUT2D eigenvalue weighted by molar-refractivity contribution is 5.95. The Bertz CT molecular complexity index is 707. The van der Waals surface area contributed by atoms with Crippen molar-refractivity contribution in [2.75, 3.05) is 13.1 Å². The van der Waals surface area contributed by atoms with Crippen molar-refractivity contribution in [3.05, 3.63) is 65.5 Å². The predicted octanol–water partition coefficient (Wildman–Crippen LogP) is 2.80. The summed E-state index contributed by atoms with van der Waals surface area (Å²) in [6, 6.07) is 13.1. The Kier molecular flexibility index (Phi) is 4.37. The summed E-state index contributed by atoms with van der Waals surface area (Å²) < 4.78 is 0. The summed E-state index contributed by atoms with van der Waals surface area (Å²) in [5.41, 5.74) is 1.59. The normalized spacial score (nSPS) is 15.4. The molecule has 0 radical (unpaired) electrons. The SMILES string of the molecule is O=C(O)c1ccnc(C(=O)N2CCC(c3ccccc3)CC2)c1. The van der Waals surface area contributed by atoms with Crippen LogP contribution in [0.25, 0.3) is 0 Å². The number of pyridine rings is 1. The first-order valence-corrected chi connectivity index (χ1v) is 7.68. The van der Waals surface area contributed by atoms with Crippen molar-refractivity contribution < 1.29 is 14.7 Å². The third kappa shape index (κ3) is 3.39. The summed E-state index contributed by atoms with van der Waals surface area (Å²) in [6.07, 6.45) is 3.19. The topological polar surface area (TPSA) is 70.5 Å². The maximum atomic E-state index is 12.5. The monoisotopic (exact) mass is 310 g/mol. The second-order valence-electron chi connectivity index (χ2n) is 5.71. The number of rotatable bonds is 3. The van der Waals surface area contributed by atoms with Crippen LogP contribution in [0, 0.1) is 0 Å². The van der Waals surface area contributed by atoms with E-state index >= 15 is 0 Å². The van der Waals surface area contributed by atoms with Crippen LogP contribution in [0.15, 0.2) is 48.7 Å². The van der Waals surface area contributed by atoms with Crippen LogP contribution in [-0.2, 0) is 0 Å². The van der Waals surface area contributed by atoms with Crippen LogP contribution in [0.4, 0.5) is 0 Å². The van der Waals surface area contributed by atoms with Gasteiger partial charge in [0.05, 0.1) is 5.56 Å². The Morgan fingerprint density at radius 2 is 1.78 bits per heavy atom. The van der Waals surface area contributed by atoms with Gasteiger partial charge in [-0.2, -0.15) is 0 Å². The highest BCUT2D eigenvalue weighted by atomic mass is 16.4. The number of benzene rings is 1.